The number of benzene rings is 5. The molecule has 1 heterocycles. The third kappa shape index (κ3) is 3.00. The Hall–Kier alpha value is -3.62. The lowest BCUT2D eigenvalue weighted by atomic mass is 9.81. The molecular weight excluding hydrogens is 439 g/mol. The molecule has 0 radical (unpaired) electrons. The molecule has 0 fully saturated rings. The molecule has 0 amide bonds. The van der Waals surface area contributed by atoms with Crippen molar-refractivity contribution in [3.63, 3.8) is 0 Å². The summed E-state index contributed by atoms with van der Waals surface area (Å²) in [5.74, 6) is 0. The van der Waals surface area contributed by atoms with E-state index < -0.39 is 0 Å². The van der Waals surface area contributed by atoms with E-state index >= 15 is 0 Å². The fourth-order valence-corrected chi connectivity index (χ4v) is 7.33. The molecular formula is C33H25BS. The third-order valence-corrected chi connectivity index (χ3v) is 9.04. The Morgan fingerprint density at radius 3 is 1.86 bits per heavy atom. The highest BCUT2D eigenvalue weighted by molar-refractivity contribution is 7.26. The summed E-state index contributed by atoms with van der Waals surface area (Å²) in [5, 5.41) is 2.69. The summed E-state index contributed by atoms with van der Waals surface area (Å²) in [7, 11) is 2.17. The summed E-state index contributed by atoms with van der Waals surface area (Å²) in [6.45, 7) is 4.71. The van der Waals surface area contributed by atoms with E-state index in [1.165, 1.54) is 70.1 Å². The quantitative estimate of drug-likeness (QED) is 0.228. The molecule has 1 aromatic heterocycles. The molecule has 35 heavy (non-hydrogen) atoms. The SMILES string of the molecule is Bc1cccc(-c2cccc3c2sc2c(-c4ccc5c(c4)C(C)(C)c4ccccc4-5)cccc23)c1. The second kappa shape index (κ2) is 7.44. The van der Waals surface area contributed by atoms with Gasteiger partial charge in [-0.05, 0) is 50.6 Å². The smallest absolute Gasteiger partial charge is 0.134 e. The minimum atomic E-state index is 0.00827. The molecule has 1 aliphatic carbocycles. The van der Waals surface area contributed by atoms with Crippen LogP contribution in [0.3, 0.4) is 0 Å². The lowest BCUT2D eigenvalue weighted by Crippen LogP contribution is -2.14. The van der Waals surface area contributed by atoms with Crippen LogP contribution in [0, 0.1) is 0 Å². The Morgan fingerprint density at radius 1 is 0.543 bits per heavy atom. The van der Waals surface area contributed by atoms with Crippen LogP contribution in [0.4, 0.5) is 0 Å². The van der Waals surface area contributed by atoms with Gasteiger partial charge in [0.15, 0.2) is 0 Å². The molecule has 0 spiro atoms. The van der Waals surface area contributed by atoms with Gasteiger partial charge in [-0.2, -0.15) is 0 Å². The molecule has 6 aromatic rings. The number of hydrogen-bond acceptors (Lipinski definition) is 1. The molecule has 0 nitrogen and oxygen atoms in total. The van der Waals surface area contributed by atoms with E-state index in [4.69, 9.17) is 0 Å². The normalized spacial score (nSPS) is 13.8. The van der Waals surface area contributed by atoms with Crippen molar-refractivity contribution in [2.45, 2.75) is 19.3 Å². The second-order valence-corrected chi connectivity index (χ2v) is 11.3. The maximum absolute atomic E-state index is 2.44. The van der Waals surface area contributed by atoms with Crippen LogP contribution < -0.4 is 5.46 Å². The van der Waals surface area contributed by atoms with E-state index in [-0.39, 0.29) is 5.41 Å². The average molecular weight is 464 g/mol. The standard InChI is InChI=1S/C33H25BS/c1-33(2)29-15-4-3-10-25(29)26-17-16-21(19-30(26)33)24-12-7-14-28-27-13-6-11-23(31(27)35-32(24)28)20-8-5-9-22(34)18-20/h3-19H,34H2,1-2H3. The van der Waals surface area contributed by atoms with Crippen molar-refractivity contribution in [3.8, 4) is 33.4 Å². The van der Waals surface area contributed by atoms with Gasteiger partial charge in [-0.3, -0.25) is 0 Å². The summed E-state index contributed by atoms with van der Waals surface area (Å²) in [4.78, 5) is 0. The molecule has 0 saturated carbocycles. The Bertz CT molecular complexity index is 1790. The zero-order chi connectivity index (χ0) is 23.7. The van der Waals surface area contributed by atoms with Crippen LogP contribution >= 0.6 is 11.3 Å². The van der Waals surface area contributed by atoms with E-state index in [1.54, 1.807) is 0 Å². The van der Waals surface area contributed by atoms with Gasteiger partial charge in [0, 0.05) is 25.6 Å². The van der Waals surface area contributed by atoms with Crippen molar-refractivity contribution in [1.82, 2.24) is 0 Å². The zero-order valence-electron chi connectivity index (χ0n) is 20.2. The van der Waals surface area contributed by atoms with Crippen molar-refractivity contribution in [2.24, 2.45) is 0 Å². The molecule has 166 valence electrons. The predicted octanol–water partition coefficient (Wildman–Crippen LogP) is 7.95. The Morgan fingerprint density at radius 2 is 1.14 bits per heavy atom. The lowest BCUT2D eigenvalue weighted by Gasteiger charge is -2.22. The Labute approximate surface area is 211 Å². The largest absolute Gasteiger partial charge is 0.139 e. The summed E-state index contributed by atoms with van der Waals surface area (Å²) >= 11 is 1.93. The molecule has 0 N–H and O–H groups in total. The van der Waals surface area contributed by atoms with Gasteiger partial charge in [0.05, 0.1) is 0 Å². The number of thiophene rings is 1. The van der Waals surface area contributed by atoms with Gasteiger partial charge in [-0.1, -0.05) is 116 Å². The van der Waals surface area contributed by atoms with Crippen molar-refractivity contribution in [1.29, 1.82) is 0 Å². The predicted molar refractivity (Wildman–Crippen MR) is 156 cm³/mol. The first kappa shape index (κ1) is 20.7. The van der Waals surface area contributed by atoms with E-state index in [0.717, 1.165) is 0 Å². The molecule has 0 atom stereocenters. The maximum Gasteiger partial charge on any atom is 0.139 e. The van der Waals surface area contributed by atoms with Crippen molar-refractivity contribution >= 4 is 44.8 Å². The zero-order valence-corrected chi connectivity index (χ0v) is 21.0. The Balaban J connectivity index is 1.45. The molecule has 2 heteroatoms. The maximum atomic E-state index is 2.44. The van der Waals surface area contributed by atoms with Gasteiger partial charge >= 0.3 is 0 Å². The molecule has 5 aromatic carbocycles. The van der Waals surface area contributed by atoms with Crippen LogP contribution in [-0.4, -0.2) is 7.85 Å². The van der Waals surface area contributed by atoms with Gasteiger partial charge in [0.25, 0.3) is 0 Å². The van der Waals surface area contributed by atoms with Crippen molar-refractivity contribution < 1.29 is 0 Å². The van der Waals surface area contributed by atoms with Crippen LogP contribution in [0.25, 0.3) is 53.6 Å². The molecule has 0 aliphatic heterocycles. The lowest BCUT2D eigenvalue weighted by molar-refractivity contribution is 0.660. The van der Waals surface area contributed by atoms with Gasteiger partial charge in [-0.15, -0.1) is 11.3 Å². The van der Waals surface area contributed by atoms with Crippen LogP contribution in [0.15, 0.2) is 103 Å². The first-order valence-electron chi connectivity index (χ1n) is 12.3. The van der Waals surface area contributed by atoms with Crippen LogP contribution in [0.2, 0.25) is 0 Å². The van der Waals surface area contributed by atoms with E-state index in [9.17, 15) is 0 Å². The molecule has 0 bridgehead atoms. The van der Waals surface area contributed by atoms with Gasteiger partial charge in [-0.25, -0.2) is 0 Å². The fraction of sp³-hybridized carbons (Fsp3) is 0.0909. The Kier molecular flexibility index (Phi) is 4.41. The summed E-state index contributed by atoms with van der Waals surface area (Å²) in [5.41, 5.74) is 12.2. The van der Waals surface area contributed by atoms with E-state index in [0.29, 0.717) is 0 Å². The number of rotatable bonds is 2. The highest BCUT2D eigenvalue weighted by Crippen LogP contribution is 2.50. The third-order valence-electron chi connectivity index (χ3n) is 7.75. The topological polar surface area (TPSA) is 0 Å². The molecule has 0 saturated heterocycles. The average Bonchev–Trinajstić information content (AvgIpc) is 3.37. The number of hydrogen-bond donors (Lipinski definition) is 0. The minimum absolute atomic E-state index is 0.00827. The van der Waals surface area contributed by atoms with Gasteiger partial charge in [0.1, 0.15) is 7.85 Å². The van der Waals surface area contributed by atoms with Crippen molar-refractivity contribution in [2.75, 3.05) is 0 Å². The summed E-state index contributed by atoms with van der Waals surface area (Å²) in [6.07, 6.45) is 0. The van der Waals surface area contributed by atoms with Crippen molar-refractivity contribution in [3.05, 3.63) is 114 Å². The molecule has 0 unspecified atom stereocenters. The molecule has 1 aliphatic rings. The first-order valence-corrected chi connectivity index (χ1v) is 13.1. The van der Waals surface area contributed by atoms with E-state index in [1.807, 2.05) is 11.3 Å². The fourth-order valence-electron chi connectivity index (χ4n) is 5.96. The van der Waals surface area contributed by atoms with Gasteiger partial charge in [0.2, 0.25) is 0 Å². The second-order valence-electron chi connectivity index (χ2n) is 10.3. The summed E-state index contributed by atoms with van der Waals surface area (Å²) in [6, 6.07) is 38.4. The highest BCUT2D eigenvalue weighted by Gasteiger charge is 2.35. The van der Waals surface area contributed by atoms with E-state index in [2.05, 4.69) is 125 Å². The van der Waals surface area contributed by atoms with Gasteiger partial charge < -0.3 is 0 Å². The van der Waals surface area contributed by atoms with Crippen LogP contribution in [0.5, 0.6) is 0 Å². The first-order chi connectivity index (χ1) is 17.0. The van der Waals surface area contributed by atoms with Crippen LogP contribution in [0.1, 0.15) is 25.0 Å². The summed E-state index contributed by atoms with van der Waals surface area (Å²) < 4.78 is 2.74. The number of fused-ring (bicyclic) bond motifs is 6. The monoisotopic (exact) mass is 464 g/mol. The highest BCUT2D eigenvalue weighted by atomic mass is 32.1. The van der Waals surface area contributed by atoms with Crippen LogP contribution in [-0.2, 0) is 5.41 Å². The minimum Gasteiger partial charge on any atom is -0.134 e. The molecule has 7 rings (SSSR count).